The van der Waals surface area contributed by atoms with Crippen molar-refractivity contribution in [2.24, 2.45) is 0 Å². The predicted molar refractivity (Wildman–Crippen MR) is 195 cm³/mol. The molecule has 2 heterocycles. The number of nitrogens with one attached hydrogen (secondary N) is 1. The SMILES string of the molecule is O=C(O)c1ccc(SC[C@@H]2C[C@H](c3ccc(CO)cc3)O[C@H](c3cccc(-c4cccc(CNC(=O)c5cnc6ccccc6n5)c4)c3)O2)cc1. The van der Waals surface area contributed by atoms with Crippen LogP contribution in [0, 0.1) is 0 Å². The standard InChI is InChI=1S/C41H35N3O6S/c45-24-26-11-13-28(14-12-26)38-21-33(25-51-34-17-15-29(16-18-34)40(47)48)49-41(50-38)32-8-4-7-31(20-32)30-6-3-5-27(19-30)22-43-39(46)37-23-42-35-9-1-2-10-36(35)44-37/h1-20,23,33,38,41,45H,21-22,24-25H2,(H,43,46)(H,47,48)/t33-,38+,41+/m0/s1. The minimum atomic E-state index is -0.953. The van der Waals surface area contributed by atoms with Gasteiger partial charge in [-0.1, -0.05) is 72.8 Å². The normalized spacial score (nSPS) is 17.2. The monoisotopic (exact) mass is 697 g/mol. The zero-order chi connectivity index (χ0) is 35.2. The summed E-state index contributed by atoms with van der Waals surface area (Å²) < 4.78 is 13.2. The Kier molecular flexibility index (Phi) is 10.5. The van der Waals surface area contributed by atoms with E-state index in [-0.39, 0.29) is 36.0 Å². The number of carbonyl (C=O) groups excluding carboxylic acids is 1. The number of fused-ring (bicyclic) bond motifs is 1. The van der Waals surface area contributed by atoms with E-state index in [2.05, 4.69) is 27.4 Å². The predicted octanol–water partition coefficient (Wildman–Crippen LogP) is 7.76. The molecule has 0 spiro atoms. The average Bonchev–Trinajstić information content (AvgIpc) is 3.19. The molecule has 0 aliphatic carbocycles. The zero-order valence-corrected chi connectivity index (χ0v) is 28.3. The molecule has 0 unspecified atom stereocenters. The number of aliphatic hydroxyl groups excluding tert-OH is 1. The summed E-state index contributed by atoms with van der Waals surface area (Å²) in [6.07, 6.45) is 1.10. The first-order valence-electron chi connectivity index (χ1n) is 16.6. The number of benzene rings is 5. The third-order valence-electron chi connectivity index (χ3n) is 8.71. The number of carboxylic acid groups (broad SMARTS) is 1. The maximum Gasteiger partial charge on any atom is 0.335 e. The molecule has 10 heteroatoms. The highest BCUT2D eigenvalue weighted by molar-refractivity contribution is 7.99. The number of carboxylic acids is 1. The number of hydrogen-bond donors (Lipinski definition) is 3. The van der Waals surface area contributed by atoms with Crippen molar-refractivity contribution in [3.05, 3.63) is 161 Å². The van der Waals surface area contributed by atoms with Gasteiger partial charge in [-0.3, -0.25) is 9.78 Å². The van der Waals surface area contributed by atoms with E-state index in [1.807, 2.05) is 97.1 Å². The molecule has 1 amide bonds. The molecule has 0 bridgehead atoms. The lowest BCUT2D eigenvalue weighted by Gasteiger charge is -2.36. The summed E-state index contributed by atoms with van der Waals surface area (Å²) in [5.41, 5.74) is 7.52. The lowest BCUT2D eigenvalue weighted by molar-refractivity contribution is -0.245. The minimum Gasteiger partial charge on any atom is -0.478 e. The number of aromatic nitrogens is 2. The molecule has 3 N–H and O–H groups in total. The molecule has 1 fully saturated rings. The summed E-state index contributed by atoms with van der Waals surface area (Å²) in [5.74, 6) is -0.599. The number of ether oxygens (including phenoxy) is 2. The molecule has 0 saturated carbocycles. The van der Waals surface area contributed by atoms with Crippen LogP contribution in [0.4, 0.5) is 0 Å². The Labute approximate surface area is 299 Å². The van der Waals surface area contributed by atoms with Crippen molar-refractivity contribution in [1.82, 2.24) is 15.3 Å². The van der Waals surface area contributed by atoms with E-state index >= 15 is 0 Å². The number of amides is 1. The lowest BCUT2D eigenvalue weighted by Crippen LogP contribution is -2.31. The Morgan fingerprint density at radius 1 is 0.784 bits per heavy atom. The third kappa shape index (κ3) is 8.33. The van der Waals surface area contributed by atoms with E-state index in [1.54, 1.807) is 23.9 Å². The van der Waals surface area contributed by atoms with E-state index in [4.69, 9.17) is 9.47 Å². The second-order valence-corrected chi connectivity index (χ2v) is 13.3. The van der Waals surface area contributed by atoms with Crippen LogP contribution in [-0.4, -0.2) is 43.9 Å². The molecular weight excluding hydrogens is 663 g/mol. The van der Waals surface area contributed by atoms with Crippen LogP contribution in [0.5, 0.6) is 0 Å². The number of hydrogen-bond acceptors (Lipinski definition) is 8. The number of aliphatic hydroxyl groups is 1. The van der Waals surface area contributed by atoms with Gasteiger partial charge in [0.1, 0.15) is 5.69 Å². The van der Waals surface area contributed by atoms with Gasteiger partial charge in [0, 0.05) is 29.2 Å². The van der Waals surface area contributed by atoms with Gasteiger partial charge in [0.25, 0.3) is 5.91 Å². The van der Waals surface area contributed by atoms with Crippen molar-refractivity contribution in [3.8, 4) is 11.1 Å². The van der Waals surface area contributed by atoms with Gasteiger partial charge < -0.3 is 25.0 Å². The lowest BCUT2D eigenvalue weighted by atomic mass is 9.99. The van der Waals surface area contributed by atoms with Gasteiger partial charge in [-0.15, -0.1) is 11.8 Å². The van der Waals surface area contributed by atoms with Gasteiger partial charge in [0.15, 0.2) is 6.29 Å². The molecule has 1 aromatic heterocycles. The molecule has 7 rings (SSSR count). The van der Waals surface area contributed by atoms with Crippen LogP contribution in [0.25, 0.3) is 22.2 Å². The second-order valence-electron chi connectivity index (χ2n) is 12.2. The number of para-hydroxylation sites is 2. The van der Waals surface area contributed by atoms with E-state index in [0.717, 1.165) is 43.8 Å². The average molecular weight is 698 g/mol. The van der Waals surface area contributed by atoms with E-state index in [9.17, 15) is 19.8 Å². The number of carbonyl (C=O) groups is 2. The van der Waals surface area contributed by atoms with E-state index in [0.29, 0.717) is 24.2 Å². The Hall–Kier alpha value is -5.39. The minimum absolute atomic E-state index is 0.0308. The van der Waals surface area contributed by atoms with Crippen LogP contribution in [0.1, 0.15) is 61.9 Å². The summed E-state index contributed by atoms with van der Waals surface area (Å²) in [5, 5.41) is 21.8. The molecule has 1 aliphatic rings. The van der Waals surface area contributed by atoms with Gasteiger partial charge >= 0.3 is 5.97 Å². The Balaban J connectivity index is 1.07. The highest BCUT2D eigenvalue weighted by Crippen LogP contribution is 2.40. The molecule has 0 radical (unpaired) electrons. The van der Waals surface area contributed by atoms with E-state index < -0.39 is 12.3 Å². The topological polar surface area (TPSA) is 131 Å². The van der Waals surface area contributed by atoms with Gasteiger partial charge in [0.2, 0.25) is 0 Å². The second kappa shape index (κ2) is 15.7. The third-order valence-corrected chi connectivity index (χ3v) is 9.85. The summed E-state index contributed by atoms with van der Waals surface area (Å²) in [7, 11) is 0. The van der Waals surface area contributed by atoms with Gasteiger partial charge in [-0.2, -0.15) is 0 Å². The van der Waals surface area contributed by atoms with E-state index in [1.165, 1.54) is 6.20 Å². The van der Waals surface area contributed by atoms with Crippen molar-refractivity contribution >= 4 is 34.7 Å². The summed E-state index contributed by atoms with van der Waals surface area (Å²) >= 11 is 1.61. The fourth-order valence-corrected chi connectivity index (χ4v) is 6.89. The van der Waals surface area contributed by atoms with Crippen LogP contribution < -0.4 is 5.32 Å². The summed E-state index contributed by atoms with van der Waals surface area (Å²) in [4.78, 5) is 34.0. The smallest absolute Gasteiger partial charge is 0.335 e. The maximum atomic E-state index is 12.9. The number of thioether (sulfide) groups is 1. The Bertz CT molecular complexity index is 2160. The van der Waals surface area contributed by atoms with Crippen LogP contribution in [0.2, 0.25) is 0 Å². The molecule has 3 atom stereocenters. The summed E-state index contributed by atoms with van der Waals surface area (Å²) in [6.45, 7) is 0.293. The molecule has 51 heavy (non-hydrogen) atoms. The molecule has 9 nitrogen and oxygen atoms in total. The molecule has 5 aromatic carbocycles. The molecule has 1 aliphatic heterocycles. The fraction of sp³-hybridized carbons (Fsp3) is 0.171. The number of rotatable bonds is 11. The van der Waals surface area contributed by atoms with Crippen molar-refractivity contribution in [3.63, 3.8) is 0 Å². The highest BCUT2D eigenvalue weighted by Gasteiger charge is 2.32. The fourth-order valence-electron chi connectivity index (χ4n) is 5.97. The first-order chi connectivity index (χ1) is 24.9. The largest absolute Gasteiger partial charge is 0.478 e. The maximum absolute atomic E-state index is 12.9. The van der Waals surface area contributed by atoms with Crippen LogP contribution in [0.3, 0.4) is 0 Å². The molecule has 1 saturated heterocycles. The van der Waals surface area contributed by atoms with Crippen LogP contribution >= 0.6 is 11.8 Å². The Morgan fingerprint density at radius 2 is 1.53 bits per heavy atom. The van der Waals surface area contributed by atoms with Crippen molar-refractivity contribution in [2.75, 3.05) is 5.75 Å². The summed E-state index contributed by atoms with van der Waals surface area (Å²) in [6, 6.07) is 38.2. The van der Waals surface area contributed by atoms with Gasteiger partial charge in [-0.25, -0.2) is 9.78 Å². The first-order valence-corrected chi connectivity index (χ1v) is 17.6. The Morgan fingerprint density at radius 3 is 2.29 bits per heavy atom. The molecule has 6 aromatic rings. The van der Waals surface area contributed by atoms with Gasteiger partial charge in [0.05, 0.1) is 41.6 Å². The quantitative estimate of drug-likeness (QED) is 0.116. The van der Waals surface area contributed by atoms with Crippen molar-refractivity contribution in [2.45, 2.75) is 43.0 Å². The number of nitrogens with zero attached hydrogens (tertiary/aromatic N) is 2. The van der Waals surface area contributed by atoms with Crippen LogP contribution in [0.15, 0.2) is 132 Å². The highest BCUT2D eigenvalue weighted by atomic mass is 32.2. The molecular formula is C41H35N3O6S. The zero-order valence-electron chi connectivity index (χ0n) is 27.5. The van der Waals surface area contributed by atoms with Crippen molar-refractivity contribution < 1.29 is 29.3 Å². The van der Waals surface area contributed by atoms with Gasteiger partial charge in [-0.05, 0) is 76.3 Å². The van der Waals surface area contributed by atoms with Crippen molar-refractivity contribution in [1.29, 1.82) is 0 Å². The first kappa shape index (κ1) is 34.1. The van der Waals surface area contributed by atoms with Crippen LogP contribution in [-0.2, 0) is 22.6 Å². The molecule has 256 valence electrons. The number of aromatic carboxylic acids is 1.